The van der Waals surface area contributed by atoms with E-state index in [2.05, 4.69) is 17.4 Å². The second-order valence-electron chi connectivity index (χ2n) is 6.99. The van der Waals surface area contributed by atoms with Gasteiger partial charge in [-0.05, 0) is 40.0 Å². The van der Waals surface area contributed by atoms with Gasteiger partial charge in [0.15, 0.2) is 0 Å². The maximum absolute atomic E-state index is 11.9. The fraction of sp³-hybridized carbons (Fsp3) is 0.120. The second kappa shape index (κ2) is 9.67. The first-order valence-electron chi connectivity index (χ1n) is 9.61. The van der Waals surface area contributed by atoms with Crippen LogP contribution >= 0.6 is 0 Å². The highest BCUT2D eigenvalue weighted by atomic mass is 16.5. The molecule has 1 atom stereocenters. The lowest BCUT2D eigenvalue weighted by Gasteiger charge is -2.20. The Kier molecular flexibility index (Phi) is 6.78. The zero-order chi connectivity index (χ0) is 21.5. The Hall–Kier alpha value is -3.70. The van der Waals surface area contributed by atoms with Gasteiger partial charge < -0.3 is 5.32 Å². The minimum Gasteiger partial charge on any atom is -0.345 e. The third-order valence-electron chi connectivity index (χ3n) is 4.68. The first-order valence-corrected chi connectivity index (χ1v) is 9.61. The Bertz CT molecular complexity index is 1040. The van der Waals surface area contributed by atoms with Crippen molar-refractivity contribution in [3.63, 3.8) is 0 Å². The SMILES string of the molecule is CC(=O)NC(c1ccc(-c2ccccc2)cc1)c1cccc(/C=C/C(=O)N(C)O)c1. The maximum atomic E-state index is 11.9. The van der Waals surface area contributed by atoms with Gasteiger partial charge in [-0.1, -0.05) is 72.8 Å². The van der Waals surface area contributed by atoms with Gasteiger partial charge in [-0.25, -0.2) is 5.06 Å². The zero-order valence-electron chi connectivity index (χ0n) is 16.9. The van der Waals surface area contributed by atoms with Crippen LogP contribution in [0.15, 0.2) is 84.9 Å². The molecule has 0 saturated heterocycles. The normalized spacial score (nSPS) is 11.8. The number of benzene rings is 3. The summed E-state index contributed by atoms with van der Waals surface area (Å²) in [6, 6.07) is 25.4. The molecule has 0 fully saturated rings. The van der Waals surface area contributed by atoms with E-state index in [0.29, 0.717) is 5.06 Å². The van der Waals surface area contributed by atoms with E-state index in [0.717, 1.165) is 27.8 Å². The summed E-state index contributed by atoms with van der Waals surface area (Å²) in [4.78, 5) is 23.4. The van der Waals surface area contributed by atoms with Crippen molar-refractivity contribution >= 4 is 17.9 Å². The molecule has 0 aromatic heterocycles. The first-order chi connectivity index (χ1) is 14.4. The van der Waals surface area contributed by atoms with Crippen LogP contribution in [0.2, 0.25) is 0 Å². The van der Waals surface area contributed by atoms with E-state index < -0.39 is 5.91 Å². The number of hydrogen-bond acceptors (Lipinski definition) is 3. The average Bonchev–Trinajstić information content (AvgIpc) is 2.76. The summed E-state index contributed by atoms with van der Waals surface area (Å²) in [5.74, 6) is -0.652. The van der Waals surface area contributed by atoms with Crippen LogP contribution in [0.1, 0.15) is 29.7 Å². The fourth-order valence-corrected chi connectivity index (χ4v) is 3.18. The van der Waals surface area contributed by atoms with E-state index in [1.54, 1.807) is 6.08 Å². The largest absolute Gasteiger partial charge is 0.345 e. The Morgan fingerprint density at radius 2 is 1.57 bits per heavy atom. The molecule has 3 aromatic rings. The fourth-order valence-electron chi connectivity index (χ4n) is 3.18. The highest BCUT2D eigenvalue weighted by Crippen LogP contribution is 2.26. The third-order valence-corrected chi connectivity index (χ3v) is 4.68. The van der Waals surface area contributed by atoms with Crippen LogP contribution in [0.25, 0.3) is 17.2 Å². The van der Waals surface area contributed by atoms with E-state index in [1.165, 1.54) is 20.0 Å². The number of likely N-dealkylation sites (N-methyl/N-ethyl adjacent to an activating group) is 1. The molecule has 0 saturated carbocycles. The maximum Gasteiger partial charge on any atom is 0.269 e. The summed E-state index contributed by atoms with van der Waals surface area (Å²) >= 11 is 0. The van der Waals surface area contributed by atoms with Crippen molar-refractivity contribution in [2.24, 2.45) is 0 Å². The molecule has 5 nitrogen and oxygen atoms in total. The molecule has 2 N–H and O–H groups in total. The van der Waals surface area contributed by atoms with Crippen molar-refractivity contribution in [1.29, 1.82) is 0 Å². The smallest absolute Gasteiger partial charge is 0.269 e. The van der Waals surface area contributed by atoms with Crippen LogP contribution in [-0.4, -0.2) is 29.1 Å². The van der Waals surface area contributed by atoms with Crippen molar-refractivity contribution in [1.82, 2.24) is 10.4 Å². The molecule has 0 aliphatic rings. The summed E-state index contributed by atoms with van der Waals surface area (Å²) < 4.78 is 0. The van der Waals surface area contributed by atoms with Crippen LogP contribution in [0.3, 0.4) is 0 Å². The minimum absolute atomic E-state index is 0.134. The van der Waals surface area contributed by atoms with Gasteiger partial charge in [0.25, 0.3) is 5.91 Å². The zero-order valence-corrected chi connectivity index (χ0v) is 16.9. The first kappa shape index (κ1) is 21.0. The number of rotatable bonds is 6. The van der Waals surface area contributed by atoms with Crippen LogP contribution in [-0.2, 0) is 9.59 Å². The second-order valence-corrected chi connectivity index (χ2v) is 6.99. The number of carbonyl (C=O) groups is 2. The summed E-state index contributed by atoms with van der Waals surface area (Å²) in [6.07, 6.45) is 2.92. The minimum atomic E-state index is -0.518. The van der Waals surface area contributed by atoms with Gasteiger partial charge in [-0.3, -0.25) is 14.8 Å². The summed E-state index contributed by atoms with van der Waals surface area (Å²) in [5, 5.41) is 12.7. The van der Waals surface area contributed by atoms with Crippen molar-refractivity contribution in [2.75, 3.05) is 7.05 Å². The molecule has 3 rings (SSSR count). The Morgan fingerprint density at radius 1 is 0.900 bits per heavy atom. The lowest BCUT2D eigenvalue weighted by Crippen LogP contribution is -2.26. The average molecular weight is 400 g/mol. The van der Waals surface area contributed by atoms with E-state index in [9.17, 15) is 14.8 Å². The van der Waals surface area contributed by atoms with Gasteiger partial charge in [0.1, 0.15) is 0 Å². The summed E-state index contributed by atoms with van der Waals surface area (Å²) in [6.45, 7) is 1.49. The monoisotopic (exact) mass is 400 g/mol. The lowest BCUT2D eigenvalue weighted by atomic mass is 9.95. The highest BCUT2D eigenvalue weighted by molar-refractivity contribution is 5.90. The van der Waals surface area contributed by atoms with Gasteiger partial charge in [0, 0.05) is 20.0 Å². The number of hydrogen-bond donors (Lipinski definition) is 2. The van der Waals surface area contributed by atoms with E-state index in [-0.39, 0.29) is 11.9 Å². The van der Waals surface area contributed by atoms with Gasteiger partial charge in [0.2, 0.25) is 5.91 Å². The number of nitrogens with one attached hydrogen (secondary N) is 1. The number of amides is 2. The van der Waals surface area contributed by atoms with Crippen LogP contribution in [0.5, 0.6) is 0 Å². The molecule has 5 heteroatoms. The molecule has 152 valence electrons. The molecule has 0 bridgehead atoms. The Labute approximate surface area is 176 Å². The predicted molar refractivity (Wildman–Crippen MR) is 118 cm³/mol. The Morgan fingerprint density at radius 3 is 2.20 bits per heavy atom. The van der Waals surface area contributed by atoms with E-state index in [1.807, 2.05) is 66.7 Å². The van der Waals surface area contributed by atoms with Crippen molar-refractivity contribution in [2.45, 2.75) is 13.0 Å². The molecule has 30 heavy (non-hydrogen) atoms. The number of nitrogens with zero attached hydrogens (tertiary/aromatic N) is 1. The van der Waals surface area contributed by atoms with Gasteiger partial charge in [0.05, 0.1) is 6.04 Å². The quantitative estimate of drug-likeness (QED) is 0.365. The van der Waals surface area contributed by atoms with Gasteiger partial charge in [-0.2, -0.15) is 0 Å². The molecule has 2 amide bonds. The molecule has 0 radical (unpaired) electrons. The molecule has 0 aliphatic carbocycles. The van der Waals surface area contributed by atoms with Crippen molar-refractivity contribution in [3.05, 3.63) is 102 Å². The van der Waals surface area contributed by atoms with E-state index >= 15 is 0 Å². The Balaban J connectivity index is 1.90. The van der Waals surface area contributed by atoms with Crippen LogP contribution < -0.4 is 5.32 Å². The highest BCUT2D eigenvalue weighted by Gasteiger charge is 2.16. The third kappa shape index (κ3) is 5.43. The van der Waals surface area contributed by atoms with Crippen molar-refractivity contribution < 1.29 is 14.8 Å². The topological polar surface area (TPSA) is 69.6 Å². The van der Waals surface area contributed by atoms with Gasteiger partial charge >= 0.3 is 0 Å². The molecule has 3 aromatic carbocycles. The molecular formula is C25H24N2O3. The standard InChI is InChI=1S/C25H24N2O3/c1-18(28)26-25(22-14-12-21(13-15-22)20-8-4-3-5-9-20)23-10-6-7-19(17-23)11-16-24(29)27(2)30/h3-17,25,30H,1-2H3,(H,26,28)/b16-11+. The van der Waals surface area contributed by atoms with Crippen molar-refractivity contribution in [3.8, 4) is 11.1 Å². The molecule has 0 spiro atoms. The van der Waals surface area contributed by atoms with Crippen LogP contribution in [0, 0.1) is 0 Å². The van der Waals surface area contributed by atoms with Crippen LogP contribution in [0.4, 0.5) is 0 Å². The summed E-state index contributed by atoms with van der Waals surface area (Å²) in [5.41, 5.74) is 4.87. The molecule has 0 aliphatic heterocycles. The molecule has 1 unspecified atom stereocenters. The predicted octanol–water partition coefficient (Wildman–Crippen LogP) is 4.44. The number of hydroxylamine groups is 2. The number of carbonyl (C=O) groups excluding carboxylic acids is 2. The van der Waals surface area contributed by atoms with Gasteiger partial charge in [-0.15, -0.1) is 0 Å². The van der Waals surface area contributed by atoms with E-state index in [4.69, 9.17) is 0 Å². The molecular weight excluding hydrogens is 376 g/mol. The molecule has 0 heterocycles. The lowest BCUT2D eigenvalue weighted by molar-refractivity contribution is -0.153. The summed E-state index contributed by atoms with van der Waals surface area (Å²) in [7, 11) is 1.27.